The number of aryl methyl sites for hydroxylation is 1. The summed E-state index contributed by atoms with van der Waals surface area (Å²) in [6.45, 7) is 5.26. The van der Waals surface area contributed by atoms with Crippen molar-refractivity contribution >= 4 is 34.3 Å². The Kier molecular flexibility index (Phi) is 5.42. The van der Waals surface area contributed by atoms with Crippen LogP contribution in [0, 0.1) is 6.92 Å². The number of aliphatic hydroxyl groups is 1. The van der Waals surface area contributed by atoms with Crippen molar-refractivity contribution in [2.75, 3.05) is 18.5 Å². The van der Waals surface area contributed by atoms with Crippen LogP contribution in [0.5, 0.6) is 0 Å². The van der Waals surface area contributed by atoms with Gasteiger partial charge in [0.2, 0.25) is 5.28 Å². The van der Waals surface area contributed by atoms with Crippen molar-refractivity contribution in [1.82, 2.24) is 24.7 Å². The second kappa shape index (κ2) is 7.73. The Labute approximate surface area is 149 Å². The zero-order valence-corrected chi connectivity index (χ0v) is 14.8. The molecule has 0 aromatic carbocycles. The first kappa shape index (κ1) is 17.5. The lowest BCUT2D eigenvalue weighted by Gasteiger charge is -2.09. The van der Waals surface area contributed by atoms with E-state index >= 15 is 0 Å². The molecular formula is C16H19ClN6O2. The van der Waals surface area contributed by atoms with E-state index in [-0.39, 0.29) is 11.9 Å². The van der Waals surface area contributed by atoms with Crippen LogP contribution in [0.25, 0.3) is 11.0 Å². The first-order valence-electron chi connectivity index (χ1n) is 7.93. The lowest BCUT2D eigenvalue weighted by molar-refractivity contribution is 0.137. The number of fused-ring (bicyclic) bond motifs is 1. The van der Waals surface area contributed by atoms with Gasteiger partial charge in [0, 0.05) is 12.8 Å². The van der Waals surface area contributed by atoms with Gasteiger partial charge < -0.3 is 15.2 Å². The highest BCUT2D eigenvalue weighted by molar-refractivity contribution is 6.28. The van der Waals surface area contributed by atoms with E-state index in [0.717, 1.165) is 5.56 Å². The number of nitrogens with one attached hydrogen (secondary N) is 1. The molecule has 0 atom stereocenters. The van der Waals surface area contributed by atoms with Gasteiger partial charge >= 0.3 is 0 Å². The molecule has 0 bridgehead atoms. The van der Waals surface area contributed by atoms with Crippen LogP contribution in [0.1, 0.15) is 18.2 Å². The number of ether oxygens (including phenoxy) is 1. The van der Waals surface area contributed by atoms with Gasteiger partial charge in [-0.25, -0.2) is 9.97 Å². The van der Waals surface area contributed by atoms with Crippen molar-refractivity contribution in [3.63, 3.8) is 0 Å². The van der Waals surface area contributed by atoms with Crippen molar-refractivity contribution in [1.29, 1.82) is 0 Å². The Bertz CT molecular complexity index is 865. The number of anilines is 2. The summed E-state index contributed by atoms with van der Waals surface area (Å²) in [6.07, 6.45) is 1.76. The van der Waals surface area contributed by atoms with Crippen LogP contribution >= 0.6 is 11.6 Å². The number of aromatic nitrogens is 5. The Balaban J connectivity index is 2.05. The average Bonchev–Trinajstić information content (AvgIpc) is 2.95. The van der Waals surface area contributed by atoms with Crippen molar-refractivity contribution in [3.05, 3.63) is 34.9 Å². The van der Waals surface area contributed by atoms with Crippen LogP contribution in [0.15, 0.2) is 18.3 Å². The van der Waals surface area contributed by atoms with Crippen LogP contribution in [0.2, 0.25) is 5.28 Å². The monoisotopic (exact) mass is 362 g/mol. The fourth-order valence-corrected chi connectivity index (χ4v) is 2.60. The minimum absolute atomic E-state index is 0.0705. The first-order chi connectivity index (χ1) is 12.1. The van der Waals surface area contributed by atoms with Gasteiger partial charge in [-0.2, -0.15) is 10.1 Å². The van der Waals surface area contributed by atoms with E-state index < -0.39 is 0 Å². The van der Waals surface area contributed by atoms with Crippen LogP contribution in [0.4, 0.5) is 11.6 Å². The van der Waals surface area contributed by atoms with Gasteiger partial charge in [-0.1, -0.05) is 6.07 Å². The van der Waals surface area contributed by atoms with E-state index in [0.29, 0.717) is 48.1 Å². The molecular weight excluding hydrogens is 344 g/mol. The molecule has 2 N–H and O–H groups in total. The third kappa shape index (κ3) is 3.87. The van der Waals surface area contributed by atoms with Crippen molar-refractivity contribution in [2.45, 2.75) is 27.0 Å². The van der Waals surface area contributed by atoms with Gasteiger partial charge in [-0.15, -0.1) is 0 Å². The van der Waals surface area contributed by atoms with Crippen LogP contribution in [-0.4, -0.2) is 43.1 Å². The fourth-order valence-electron chi connectivity index (χ4n) is 2.43. The Morgan fingerprint density at radius 3 is 2.84 bits per heavy atom. The Morgan fingerprint density at radius 1 is 1.32 bits per heavy atom. The average molecular weight is 363 g/mol. The zero-order valence-electron chi connectivity index (χ0n) is 14.0. The second-order valence-electron chi connectivity index (χ2n) is 5.41. The molecule has 0 unspecified atom stereocenters. The van der Waals surface area contributed by atoms with Crippen molar-refractivity contribution < 1.29 is 9.84 Å². The number of hydrogen-bond donors (Lipinski definition) is 2. The lowest BCUT2D eigenvalue weighted by atomic mass is 10.3. The van der Waals surface area contributed by atoms with Gasteiger partial charge in [0.1, 0.15) is 22.5 Å². The molecule has 25 heavy (non-hydrogen) atoms. The maximum absolute atomic E-state index is 9.58. The van der Waals surface area contributed by atoms with Crippen LogP contribution in [-0.2, 0) is 17.9 Å². The maximum atomic E-state index is 9.58. The van der Waals surface area contributed by atoms with Gasteiger partial charge in [-0.3, -0.25) is 4.68 Å². The van der Waals surface area contributed by atoms with Gasteiger partial charge in [0.25, 0.3) is 0 Å². The van der Waals surface area contributed by atoms with E-state index in [1.165, 1.54) is 0 Å². The molecule has 0 amide bonds. The Morgan fingerprint density at radius 2 is 2.16 bits per heavy atom. The van der Waals surface area contributed by atoms with Crippen LogP contribution < -0.4 is 5.32 Å². The maximum Gasteiger partial charge on any atom is 0.225 e. The number of rotatable bonds is 7. The normalized spacial score (nSPS) is 11.2. The second-order valence-corrected chi connectivity index (χ2v) is 5.75. The SMILES string of the molecule is CCOCCn1nc(CO)c2nc(Cl)nc(Nc3ccc(C)cn3)c21. The first-order valence-corrected chi connectivity index (χ1v) is 8.31. The largest absolute Gasteiger partial charge is 0.390 e. The number of halogens is 1. The lowest BCUT2D eigenvalue weighted by Crippen LogP contribution is -2.09. The highest BCUT2D eigenvalue weighted by Gasteiger charge is 2.18. The summed E-state index contributed by atoms with van der Waals surface area (Å²) in [5.41, 5.74) is 2.65. The summed E-state index contributed by atoms with van der Waals surface area (Å²) in [5.74, 6) is 1.11. The van der Waals surface area contributed by atoms with Crippen molar-refractivity contribution in [2.24, 2.45) is 0 Å². The third-order valence-electron chi connectivity index (χ3n) is 3.59. The molecule has 0 fully saturated rings. The summed E-state index contributed by atoms with van der Waals surface area (Å²) in [6, 6.07) is 3.80. The predicted molar refractivity (Wildman–Crippen MR) is 95.0 cm³/mol. The quantitative estimate of drug-likeness (QED) is 0.492. The molecule has 0 saturated heterocycles. The number of pyridine rings is 1. The smallest absolute Gasteiger partial charge is 0.225 e. The molecule has 0 radical (unpaired) electrons. The summed E-state index contributed by atoms with van der Waals surface area (Å²) in [4.78, 5) is 12.8. The summed E-state index contributed by atoms with van der Waals surface area (Å²) < 4.78 is 7.11. The summed E-state index contributed by atoms with van der Waals surface area (Å²) >= 11 is 6.05. The topological polar surface area (TPSA) is 98.0 Å². The van der Waals surface area contributed by atoms with Gasteiger partial charge in [0.15, 0.2) is 5.82 Å². The number of aliphatic hydroxyl groups excluding tert-OH is 1. The molecule has 3 rings (SSSR count). The van der Waals surface area contributed by atoms with Gasteiger partial charge in [-0.05, 0) is 37.1 Å². The molecule has 0 aliphatic rings. The molecule has 3 aromatic heterocycles. The van der Waals surface area contributed by atoms with E-state index in [1.54, 1.807) is 10.9 Å². The molecule has 8 nitrogen and oxygen atoms in total. The molecule has 3 heterocycles. The van der Waals surface area contributed by atoms with Gasteiger partial charge in [0.05, 0.1) is 19.8 Å². The van der Waals surface area contributed by atoms with Crippen LogP contribution in [0.3, 0.4) is 0 Å². The Hall–Kier alpha value is -2.29. The summed E-state index contributed by atoms with van der Waals surface area (Å²) in [5, 5.41) is 17.2. The zero-order chi connectivity index (χ0) is 17.8. The highest BCUT2D eigenvalue weighted by Crippen LogP contribution is 2.27. The molecule has 3 aromatic rings. The fraction of sp³-hybridized carbons (Fsp3) is 0.375. The summed E-state index contributed by atoms with van der Waals surface area (Å²) in [7, 11) is 0. The van der Waals surface area contributed by atoms with E-state index in [9.17, 15) is 5.11 Å². The molecule has 0 spiro atoms. The predicted octanol–water partition coefficient (Wildman–Crippen LogP) is 2.46. The molecule has 0 aliphatic heterocycles. The molecule has 132 valence electrons. The standard InChI is InChI=1S/C16H19ClN6O2/c1-3-25-7-6-23-14-13(11(9-24)22-23)20-16(17)21-15(14)19-12-5-4-10(2)8-18-12/h4-5,8,24H,3,6-7,9H2,1-2H3,(H,18,19,20,21). The number of hydrogen-bond acceptors (Lipinski definition) is 7. The van der Waals surface area contributed by atoms with E-state index in [1.807, 2.05) is 26.0 Å². The minimum Gasteiger partial charge on any atom is -0.390 e. The molecule has 0 saturated carbocycles. The number of nitrogens with zero attached hydrogens (tertiary/aromatic N) is 5. The molecule has 9 heteroatoms. The minimum atomic E-state index is -0.242. The highest BCUT2D eigenvalue weighted by atomic mass is 35.5. The van der Waals surface area contributed by atoms with E-state index in [4.69, 9.17) is 16.3 Å². The van der Waals surface area contributed by atoms with E-state index in [2.05, 4.69) is 25.4 Å². The third-order valence-corrected chi connectivity index (χ3v) is 3.76. The molecule has 0 aliphatic carbocycles. The van der Waals surface area contributed by atoms with Crippen molar-refractivity contribution in [3.8, 4) is 0 Å².